The first kappa shape index (κ1) is 18.8. The topological polar surface area (TPSA) is 119 Å². The number of hydrogen-bond acceptors (Lipinski definition) is 7. The van der Waals surface area contributed by atoms with Crippen LogP contribution < -0.4 is 15.8 Å². The monoisotopic (exact) mass is 371 g/mol. The molecule has 130 valence electrons. The van der Waals surface area contributed by atoms with Crippen LogP contribution >= 0.6 is 11.8 Å². The van der Waals surface area contributed by atoms with Crippen LogP contribution in [-0.2, 0) is 0 Å². The molecule has 0 aliphatic rings. The van der Waals surface area contributed by atoms with Crippen molar-refractivity contribution in [1.82, 2.24) is 9.97 Å². The van der Waals surface area contributed by atoms with Gasteiger partial charge in [0.2, 0.25) is 0 Å². The lowest BCUT2D eigenvalue weighted by Gasteiger charge is -2.14. The molecule has 25 heavy (non-hydrogen) atoms. The standard InChI is InChI=1S/C13H9BF3N3O4S/c1-25-12-19-10(7(5-18)11(21)20-12)6-2-3-9(24-13(15,16)17)8(4-6)14(22)23/h2-4,22-23H,1H3,(H,19,20,21). The molecular formula is C13H9BF3N3O4S. The molecule has 1 aromatic carbocycles. The normalized spacial score (nSPS) is 11.1. The highest BCUT2D eigenvalue weighted by Crippen LogP contribution is 2.26. The number of ether oxygens (including phenoxy) is 1. The summed E-state index contributed by atoms with van der Waals surface area (Å²) >= 11 is 1.08. The van der Waals surface area contributed by atoms with Crippen LogP contribution in [0.1, 0.15) is 5.56 Å². The highest BCUT2D eigenvalue weighted by molar-refractivity contribution is 7.98. The number of nitriles is 1. The van der Waals surface area contributed by atoms with Crippen LogP contribution in [0.4, 0.5) is 13.2 Å². The summed E-state index contributed by atoms with van der Waals surface area (Å²) in [6, 6.07) is 4.59. The average molecular weight is 371 g/mol. The number of halogens is 3. The fourth-order valence-electron chi connectivity index (χ4n) is 1.98. The van der Waals surface area contributed by atoms with Crippen LogP contribution in [0.25, 0.3) is 11.3 Å². The van der Waals surface area contributed by atoms with E-state index in [1.807, 2.05) is 0 Å². The van der Waals surface area contributed by atoms with Crippen LogP contribution in [0.2, 0.25) is 0 Å². The third-order valence-electron chi connectivity index (χ3n) is 2.99. The van der Waals surface area contributed by atoms with E-state index in [2.05, 4.69) is 14.7 Å². The fourth-order valence-corrected chi connectivity index (χ4v) is 2.35. The molecule has 0 unspecified atom stereocenters. The van der Waals surface area contributed by atoms with Crippen molar-refractivity contribution in [2.75, 3.05) is 6.26 Å². The van der Waals surface area contributed by atoms with Gasteiger partial charge in [0.25, 0.3) is 5.56 Å². The first-order valence-corrected chi connectivity index (χ1v) is 7.73. The molecule has 0 radical (unpaired) electrons. The maximum absolute atomic E-state index is 12.4. The summed E-state index contributed by atoms with van der Waals surface area (Å²) in [6.45, 7) is 0. The van der Waals surface area contributed by atoms with Crippen LogP contribution in [0.5, 0.6) is 5.75 Å². The van der Waals surface area contributed by atoms with Crippen molar-refractivity contribution >= 4 is 24.3 Å². The highest BCUT2D eigenvalue weighted by atomic mass is 32.2. The lowest BCUT2D eigenvalue weighted by molar-refractivity contribution is -0.274. The van der Waals surface area contributed by atoms with Gasteiger partial charge in [-0.25, -0.2) is 4.98 Å². The van der Waals surface area contributed by atoms with Crippen molar-refractivity contribution in [3.8, 4) is 23.1 Å². The number of benzene rings is 1. The Morgan fingerprint density at radius 1 is 1.40 bits per heavy atom. The van der Waals surface area contributed by atoms with Crippen molar-refractivity contribution in [3.05, 3.63) is 34.1 Å². The van der Waals surface area contributed by atoms with Gasteiger partial charge in [0.15, 0.2) is 5.16 Å². The molecule has 7 nitrogen and oxygen atoms in total. The first-order valence-electron chi connectivity index (χ1n) is 6.51. The number of H-pyrrole nitrogens is 1. The van der Waals surface area contributed by atoms with E-state index in [9.17, 15) is 28.0 Å². The van der Waals surface area contributed by atoms with Crippen molar-refractivity contribution in [3.63, 3.8) is 0 Å². The molecule has 0 aliphatic heterocycles. The van der Waals surface area contributed by atoms with Crippen LogP contribution in [0.15, 0.2) is 28.2 Å². The minimum atomic E-state index is -5.03. The third kappa shape index (κ3) is 4.33. The Bertz CT molecular complexity index is 896. The van der Waals surface area contributed by atoms with Gasteiger partial charge in [-0.1, -0.05) is 11.8 Å². The number of thioether (sulfide) groups is 1. The van der Waals surface area contributed by atoms with Crippen LogP contribution in [0, 0.1) is 11.3 Å². The van der Waals surface area contributed by atoms with Gasteiger partial charge in [-0.2, -0.15) is 5.26 Å². The van der Waals surface area contributed by atoms with E-state index in [0.717, 1.165) is 30.0 Å². The summed E-state index contributed by atoms with van der Waals surface area (Å²) in [5, 5.41) is 27.9. The van der Waals surface area contributed by atoms with Crippen molar-refractivity contribution in [2.24, 2.45) is 0 Å². The Morgan fingerprint density at radius 2 is 2.08 bits per heavy atom. The maximum Gasteiger partial charge on any atom is 0.573 e. The maximum atomic E-state index is 12.4. The first-order chi connectivity index (χ1) is 11.7. The summed E-state index contributed by atoms with van der Waals surface area (Å²) in [6.07, 6.45) is -3.41. The lowest BCUT2D eigenvalue weighted by Crippen LogP contribution is -2.34. The van der Waals surface area contributed by atoms with Gasteiger partial charge in [-0.05, 0) is 24.5 Å². The summed E-state index contributed by atoms with van der Waals surface area (Å²) in [5.41, 5.74) is -1.72. The number of aromatic nitrogens is 2. The molecule has 0 amide bonds. The molecule has 0 saturated heterocycles. The predicted octanol–water partition coefficient (Wildman–Crippen LogP) is 0.609. The van der Waals surface area contributed by atoms with Gasteiger partial charge in [0.05, 0.1) is 5.69 Å². The molecule has 1 heterocycles. The number of rotatable bonds is 4. The zero-order valence-corrected chi connectivity index (χ0v) is 13.3. The molecule has 1 aromatic heterocycles. The predicted molar refractivity (Wildman–Crippen MR) is 83.3 cm³/mol. The molecule has 0 fully saturated rings. The van der Waals surface area contributed by atoms with Crippen LogP contribution in [-0.4, -0.2) is 39.8 Å². The smallest absolute Gasteiger partial charge is 0.423 e. The number of hydrogen-bond donors (Lipinski definition) is 3. The van der Waals surface area contributed by atoms with E-state index >= 15 is 0 Å². The zero-order chi connectivity index (χ0) is 18.8. The summed E-state index contributed by atoms with van der Waals surface area (Å²) < 4.78 is 40.9. The van der Waals surface area contributed by atoms with E-state index < -0.39 is 30.3 Å². The van der Waals surface area contributed by atoms with Gasteiger partial charge in [0, 0.05) is 11.0 Å². The molecule has 0 aliphatic carbocycles. The molecule has 0 atom stereocenters. The van der Waals surface area contributed by atoms with Gasteiger partial charge in [0.1, 0.15) is 17.4 Å². The molecule has 0 spiro atoms. The number of alkyl halides is 3. The summed E-state index contributed by atoms with van der Waals surface area (Å²) in [4.78, 5) is 18.3. The molecule has 3 N–H and O–H groups in total. The van der Waals surface area contributed by atoms with Gasteiger partial charge < -0.3 is 19.8 Å². The van der Waals surface area contributed by atoms with E-state index in [-0.39, 0.29) is 22.0 Å². The second-order valence-corrected chi connectivity index (χ2v) is 5.38. The third-order valence-corrected chi connectivity index (χ3v) is 3.57. The number of nitrogens with zero attached hydrogens (tertiary/aromatic N) is 2. The van der Waals surface area contributed by atoms with E-state index in [1.54, 1.807) is 12.3 Å². The fraction of sp³-hybridized carbons (Fsp3) is 0.154. The minimum Gasteiger partial charge on any atom is -0.423 e. The largest absolute Gasteiger partial charge is 0.573 e. The van der Waals surface area contributed by atoms with Gasteiger partial charge in [-0.15, -0.1) is 13.2 Å². The van der Waals surface area contributed by atoms with Crippen molar-refractivity contribution in [2.45, 2.75) is 11.5 Å². The van der Waals surface area contributed by atoms with Crippen LogP contribution in [0.3, 0.4) is 0 Å². The molecule has 0 bridgehead atoms. The van der Waals surface area contributed by atoms with E-state index in [4.69, 9.17) is 5.26 Å². The molecule has 12 heteroatoms. The van der Waals surface area contributed by atoms with Crippen molar-refractivity contribution in [1.29, 1.82) is 5.26 Å². The van der Waals surface area contributed by atoms with Crippen molar-refractivity contribution < 1.29 is 28.0 Å². The molecule has 2 rings (SSSR count). The second kappa shape index (κ2) is 7.18. The van der Waals surface area contributed by atoms with E-state index in [0.29, 0.717) is 0 Å². The Kier molecular flexibility index (Phi) is 5.41. The second-order valence-electron chi connectivity index (χ2n) is 4.58. The number of nitrogens with one attached hydrogen (secondary N) is 1. The highest BCUT2D eigenvalue weighted by Gasteiger charge is 2.33. The average Bonchev–Trinajstić information content (AvgIpc) is 2.52. The van der Waals surface area contributed by atoms with E-state index in [1.165, 1.54) is 0 Å². The Labute approximate surface area is 143 Å². The lowest BCUT2D eigenvalue weighted by atomic mass is 9.78. The molecule has 2 aromatic rings. The Morgan fingerprint density at radius 3 is 2.60 bits per heavy atom. The Hall–Kier alpha value is -2.49. The Balaban J connectivity index is 2.66. The zero-order valence-electron chi connectivity index (χ0n) is 12.5. The molecule has 0 saturated carbocycles. The molecular weight excluding hydrogens is 362 g/mol. The van der Waals surface area contributed by atoms with Gasteiger partial charge in [-0.3, -0.25) is 4.79 Å². The number of aromatic amines is 1. The van der Waals surface area contributed by atoms with Gasteiger partial charge >= 0.3 is 13.5 Å². The summed E-state index contributed by atoms with van der Waals surface area (Å²) in [5.74, 6) is -0.820. The SMILES string of the molecule is CSc1nc(-c2ccc(OC(F)(F)F)c(B(O)O)c2)c(C#N)c(=O)[nH]1. The summed E-state index contributed by atoms with van der Waals surface area (Å²) in [7, 11) is -2.27. The quantitative estimate of drug-likeness (QED) is 0.409. The minimum absolute atomic E-state index is 0.0515.